The highest BCUT2D eigenvalue weighted by Gasteiger charge is 2.48. The van der Waals surface area contributed by atoms with Crippen LogP contribution in [0.4, 0.5) is 5.69 Å². The Labute approximate surface area is 173 Å². The first kappa shape index (κ1) is 18.2. The second-order valence-electron chi connectivity index (χ2n) is 7.29. The van der Waals surface area contributed by atoms with Gasteiger partial charge in [0.25, 0.3) is 11.7 Å². The zero-order valence-corrected chi connectivity index (χ0v) is 16.1. The second-order valence-corrected chi connectivity index (χ2v) is 7.29. The molecule has 1 fully saturated rings. The molecule has 0 aliphatic carbocycles. The molecule has 150 valence electrons. The third-order valence-electron chi connectivity index (χ3n) is 5.47. The standard InChI is InChI=1S/C24H19NO5/c26-22(16-10-11-18-15(14-16)6-4-12-29-18)20-21(19-9-5-13-30-19)25(24(28)23(20)27)17-7-2-1-3-8-17/h1-3,5,7-11,13-14,21,26H,4,6,12H2/b22-20-. The molecular weight excluding hydrogens is 382 g/mol. The van der Waals surface area contributed by atoms with Gasteiger partial charge >= 0.3 is 0 Å². The van der Waals surface area contributed by atoms with E-state index in [2.05, 4.69) is 0 Å². The molecule has 0 radical (unpaired) electrons. The number of benzene rings is 2. The van der Waals surface area contributed by atoms with Crippen LogP contribution < -0.4 is 9.64 Å². The number of carbonyl (C=O) groups excluding carboxylic acids is 2. The van der Waals surface area contributed by atoms with Crippen LogP contribution in [0.3, 0.4) is 0 Å². The van der Waals surface area contributed by atoms with E-state index >= 15 is 0 Å². The van der Waals surface area contributed by atoms with Crippen LogP contribution in [0.2, 0.25) is 0 Å². The Morgan fingerprint density at radius 1 is 1.03 bits per heavy atom. The Morgan fingerprint density at radius 3 is 2.63 bits per heavy atom. The van der Waals surface area contributed by atoms with Gasteiger partial charge in [-0.3, -0.25) is 14.5 Å². The summed E-state index contributed by atoms with van der Waals surface area (Å²) in [6, 6.07) is 16.7. The Morgan fingerprint density at radius 2 is 1.87 bits per heavy atom. The number of aryl methyl sites for hydroxylation is 1. The summed E-state index contributed by atoms with van der Waals surface area (Å²) in [6.45, 7) is 0.666. The average molecular weight is 401 g/mol. The molecule has 0 spiro atoms. The van der Waals surface area contributed by atoms with Crippen LogP contribution in [0.1, 0.15) is 29.3 Å². The maximum Gasteiger partial charge on any atom is 0.300 e. The number of anilines is 1. The van der Waals surface area contributed by atoms with Crippen molar-refractivity contribution in [1.29, 1.82) is 0 Å². The number of fused-ring (bicyclic) bond motifs is 1. The Balaban J connectivity index is 1.67. The molecule has 1 N–H and O–H groups in total. The molecule has 5 rings (SSSR count). The molecule has 30 heavy (non-hydrogen) atoms. The molecule has 6 heteroatoms. The number of hydrogen-bond donors (Lipinski definition) is 1. The van der Waals surface area contributed by atoms with Crippen molar-refractivity contribution in [3.63, 3.8) is 0 Å². The van der Waals surface area contributed by atoms with Crippen molar-refractivity contribution >= 4 is 23.1 Å². The summed E-state index contributed by atoms with van der Waals surface area (Å²) in [6.07, 6.45) is 3.20. The number of carbonyl (C=O) groups is 2. The van der Waals surface area contributed by atoms with Crippen LogP contribution in [0.25, 0.3) is 5.76 Å². The van der Waals surface area contributed by atoms with Crippen LogP contribution >= 0.6 is 0 Å². The molecule has 2 aliphatic heterocycles. The van der Waals surface area contributed by atoms with E-state index in [0.717, 1.165) is 24.2 Å². The van der Waals surface area contributed by atoms with E-state index in [4.69, 9.17) is 9.15 Å². The summed E-state index contributed by atoms with van der Waals surface area (Å²) in [5.74, 6) is -0.482. The fourth-order valence-electron chi connectivity index (χ4n) is 4.07. The normalized spacial score (nSPS) is 20.1. The largest absolute Gasteiger partial charge is 0.507 e. The first-order valence-electron chi connectivity index (χ1n) is 9.80. The smallest absolute Gasteiger partial charge is 0.300 e. The number of nitrogens with zero attached hydrogens (tertiary/aromatic N) is 1. The highest BCUT2D eigenvalue weighted by molar-refractivity contribution is 6.51. The molecular formula is C24H19NO5. The minimum absolute atomic E-state index is 0.00970. The molecule has 6 nitrogen and oxygen atoms in total. The maximum atomic E-state index is 13.0. The van der Waals surface area contributed by atoms with Crippen LogP contribution in [0.15, 0.2) is 76.9 Å². The van der Waals surface area contributed by atoms with Gasteiger partial charge in [0.05, 0.1) is 18.4 Å². The molecule has 1 saturated heterocycles. The molecule has 1 atom stereocenters. The molecule has 0 saturated carbocycles. The number of Topliss-reactive ketones (excluding diaryl/α,β-unsaturated/α-hetero) is 1. The van der Waals surface area contributed by atoms with Gasteiger partial charge in [-0.1, -0.05) is 18.2 Å². The first-order valence-corrected chi connectivity index (χ1v) is 9.80. The van der Waals surface area contributed by atoms with Crippen LogP contribution in [-0.4, -0.2) is 23.4 Å². The zero-order chi connectivity index (χ0) is 20.7. The van der Waals surface area contributed by atoms with Gasteiger partial charge in [0.2, 0.25) is 0 Å². The minimum Gasteiger partial charge on any atom is -0.507 e. The number of ether oxygens (including phenoxy) is 1. The Hall–Kier alpha value is -3.80. The highest BCUT2D eigenvalue weighted by atomic mass is 16.5. The molecule has 0 bridgehead atoms. The lowest BCUT2D eigenvalue weighted by atomic mass is 9.96. The molecule has 1 aromatic heterocycles. The summed E-state index contributed by atoms with van der Waals surface area (Å²) in [5.41, 5.74) is 2.01. The minimum atomic E-state index is -0.852. The van der Waals surface area contributed by atoms with Crippen molar-refractivity contribution in [2.45, 2.75) is 18.9 Å². The van der Waals surface area contributed by atoms with Gasteiger partial charge in [0.15, 0.2) is 0 Å². The summed E-state index contributed by atoms with van der Waals surface area (Å²) in [4.78, 5) is 27.4. The van der Waals surface area contributed by atoms with E-state index in [9.17, 15) is 14.7 Å². The summed E-state index contributed by atoms with van der Waals surface area (Å²) in [5, 5.41) is 11.1. The predicted molar refractivity (Wildman–Crippen MR) is 110 cm³/mol. The van der Waals surface area contributed by atoms with E-state index in [0.29, 0.717) is 23.6 Å². The van der Waals surface area contributed by atoms with Crippen molar-refractivity contribution < 1.29 is 23.8 Å². The monoisotopic (exact) mass is 401 g/mol. The van der Waals surface area contributed by atoms with Crippen molar-refractivity contribution in [1.82, 2.24) is 0 Å². The molecule has 1 amide bonds. The number of furan rings is 1. The fraction of sp³-hybridized carbons (Fsp3) is 0.167. The van der Waals surface area contributed by atoms with Crippen LogP contribution in [0.5, 0.6) is 5.75 Å². The average Bonchev–Trinajstić information content (AvgIpc) is 3.40. The second kappa shape index (κ2) is 7.22. The van der Waals surface area contributed by atoms with Gasteiger partial charge in [0, 0.05) is 11.3 Å². The predicted octanol–water partition coefficient (Wildman–Crippen LogP) is 4.23. The summed E-state index contributed by atoms with van der Waals surface area (Å²) in [7, 11) is 0. The van der Waals surface area contributed by atoms with Crippen LogP contribution in [-0.2, 0) is 16.0 Å². The Kier molecular flexibility index (Phi) is 4.39. The van der Waals surface area contributed by atoms with E-state index < -0.39 is 17.7 Å². The maximum absolute atomic E-state index is 13.0. The Bertz CT molecular complexity index is 1150. The van der Waals surface area contributed by atoms with Gasteiger partial charge in [-0.05, 0) is 60.9 Å². The van der Waals surface area contributed by atoms with E-state index in [1.165, 1.54) is 11.2 Å². The van der Waals surface area contributed by atoms with Crippen molar-refractivity contribution in [3.05, 3.63) is 89.4 Å². The third kappa shape index (κ3) is 2.88. The molecule has 1 unspecified atom stereocenters. The van der Waals surface area contributed by atoms with Gasteiger partial charge in [0.1, 0.15) is 23.3 Å². The summed E-state index contributed by atoms with van der Waals surface area (Å²) >= 11 is 0. The fourth-order valence-corrected chi connectivity index (χ4v) is 4.07. The number of para-hydroxylation sites is 1. The lowest BCUT2D eigenvalue weighted by molar-refractivity contribution is -0.132. The van der Waals surface area contributed by atoms with E-state index in [-0.39, 0.29) is 11.3 Å². The van der Waals surface area contributed by atoms with Gasteiger partial charge in [-0.25, -0.2) is 0 Å². The molecule has 3 aromatic rings. The highest BCUT2D eigenvalue weighted by Crippen LogP contribution is 2.42. The number of rotatable bonds is 3. The zero-order valence-electron chi connectivity index (χ0n) is 16.1. The third-order valence-corrected chi connectivity index (χ3v) is 5.47. The summed E-state index contributed by atoms with van der Waals surface area (Å²) < 4.78 is 11.2. The number of ketones is 1. The van der Waals surface area contributed by atoms with Gasteiger partial charge in [-0.2, -0.15) is 0 Å². The topological polar surface area (TPSA) is 80.0 Å². The van der Waals surface area contributed by atoms with Crippen molar-refractivity contribution in [2.75, 3.05) is 11.5 Å². The molecule has 2 aromatic carbocycles. The van der Waals surface area contributed by atoms with Crippen LogP contribution in [0, 0.1) is 0 Å². The number of aliphatic hydroxyl groups excluding tert-OH is 1. The van der Waals surface area contributed by atoms with E-state index in [1.54, 1.807) is 48.5 Å². The molecule has 2 aliphatic rings. The van der Waals surface area contributed by atoms with E-state index in [1.807, 2.05) is 12.1 Å². The van der Waals surface area contributed by atoms with Gasteiger partial charge in [-0.15, -0.1) is 0 Å². The SMILES string of the molecule is O=C1C(=O)N(c2ccccc2)C(c2ccco2)/C1=C(/O)c1ccc2c(c1)CCCO2. The lowest BCUT2D eigenvalue weighted by Gasteiger charge is -2.23. The van der Waals surface area contributed by atoms with Crippen molar-refractivity contribution in [2.24, 2.45) is 0 Å². The number of amides is 1. The molecule has 3 heterocycles. The first-order chi connectivity index (χ1) is 14.6. The van der Waals surface area contributed by atoms with Crippen molar-refractivity contribution in [3.8, 4) is 5.75 Å². The quantitative estimate of drug-likeness (QED) is 0.404. The van der Waals surface area contributed by atoms with Gasteiger partial charge < -0.3 is 14.3 Å². The lowest BCUT2D eigenvalue weighted by Crippen LogP contribution is -2.29. The number of aliphatic hydroxyl groups is 1. The number of hydrogen-bond acceptors (Lipinski definition) is 5.